The Hall–Kier alpha value is -2.36. The number of thiocarbonyl (C=S) groups is 1. The van der Waals surface area contributed by atoms with E-state index in [0.717, 1.165) is 24.1 Å². The fraction of sp³-hybridized carbons (Fsp3) is 0.458. The normalized spacial score (nSPS) is 19.0. The lowest BCUT2D eigenvalue weighted by Crippen LogP contribution is -2.42. The summed E-state index contributed by atoms with van der Waals surface area (Å²) in [5.41, 5.74) is 1.83. The van der Waals surface area contributed by atoms with Gasteiger partial charge in [-0.25, -0.2) is 8.42 Å². The number of ether oxygens (including phenoxy) is 2. The summed E-state index contributed by atoms with van der Waals surface area (Å²) >= 11 is 5.38. The summed E-state index contributed by atoms with van der Waals surface area (Å²) in [5, 5.41) is 6.76. The highest BCUT2D eigenvalue weighted by atomic mass is 32.2. The molecule has 3 rings (SSSR count). The molecule has 9 heteroatoms. The molecule has 1 heterocycles. The maximum absolute atomic E-state index is 13.0. The molecule has 0 spiro atoms. The highest BCUT2D eigenvalue weighted by Crippen LogP contribution is 2.28. The summed E-state index contributed by atoms with van der Waals surface area (Å²) in [6.45, 7) is 5.98. The SMILES string of the molecule is COc1ccc(CCNC(=S)Nc2ccc(S(=O)(=O)N3C[C@H](C)C[C@H](C)C3)cc2)cc1OC. The average molecular weight is 492 g/mol. The molecule has 0 bridgehead atoms. The number of hydrogen-bond donors (Lipinski definition) is 2. The lowest BCUT2D eigenvalue weighted by molar-refractivity contribution is 0.222. The second-order valence-electron chi connectivity index (χ2n) is 8.61. The maximum atomic E-state index is 13.0. The standard InChI is InChI=1S/C24H33N3O4S2/c1-17-13-18(2)16-27(15-17)33(28,29)21-8-6-20(7-9-21)26-24(32)25-12-11-19-5-10-22(30-3)23(14-19)31-4/h5-10,14,17-18H,11-13,15-16H2,1-4H3,(H2,25,26,32)/t17-,18+. The number of methoxy groups -OCH3 is 2. The molecule has 2 atom stereocenters. The number of rotatable bonds is 8. The molecular formula is C24H33N3O4S2. The van der Waals surface area contributed by atoms with Crippen molar-refractivity contribution < 1.29 is 17.9 Å². The second kappa shape index (κ2) is 11.2. The zero-order valence-corrected chi connectivity index (χ0v) is 21.3. The van der Waals surface area contributed by atoms with Gasteiger partial charge in [0.05, 0.1) is 19.1 Å². The van der Waals surface area contributed by atoms with Crippen LogP contribution in [0.2, 0.25) is 0 Å². The van der Waals surface area contributed by atoms with Crippen LogP contribution in [0.25, 0.3) is 0 Å². The van der Waals surface area contributed by atoms with Crippen LogP contribution in [0.5, 0.6) is 11.5 Å². The van der Waals surface area contributed by atoms with E-state index in [0.29, 0.717) is 53.0 Å². The molecule has 33 heavy (non-hydrogen) atoms. The zero-order valence-electron chi connectivity index (χ0n) is 19.6. The largest absolute Gasteiger partial charge is 0.493 e. The summed E-state index contributed by atoms with van der Waals surface area (Å²) < 4.78 is 38.3. The Morgan fingerprint density at radius 3 is 2.27 bits per heavy atom. The number of nitrogens with zero attached hydrogens (tertiary/aromatic N) is 1. The third-order valence-corrected chi connectivity index (χ3v) is 7.82. The predicted molar refractivity (Wildman–Crippen MR) is 136 cm³/mol. The quantitative estimate of drug-likeness (QED) is 0.542. The molecule has 7 nitrogen and oxygen atoms in total. The monoisotopic (exact) mass is 491 g/mol. The van der Waals surface area contributed by atoms with Crippen molar-refractivity contribution in [1.29, 1.82) is 0 Å². The molecule has 0 aliphatic carbocycles. The molecule has 0 unspecified atom stereocenters. The van der Waals surface area contributed by atoms with Crippen molar-refractivity contribution in [3.8, 4) is 11.5 Å². The summed E-state index contributed by atoms with van der Waals surface area (Å²) in [6, 6.07) is 12.6. The van der Waals surface area contributed by atoms with Crippen LogP contribution in [-0.4, -0.2) is 51.7 Å². The van der Waals surface area contributed by atoms with Crippen LogP contribution in [0.15, 0.2) is 47.4 Å². The van der Waals surface area contributed by atoms with E-state index in [1.165, 1.54) is 0 Å². The van der Waals surface area contributed by atoms with Gasteiger partial charge in [-0.15, -0.1) is 0 Å². The van der Waals surface area contributed by atoms with E-state index in [2.05, 4.69) is 24.5 Å². The average Bonchev–Trinajstić information content (AvgIpc) is 2.78. The smallest absolute Gasteiger partial charge is 0.243 e. The third kappa shape index (κ3) is 6.59. The Morgan fingerprint density at radius 2 is 1.67 bits per heavy atom. The van der Waals surface area contributed by atoms with Crippen LogP contribution in [0.4, 0.5) is 5.69 Å². The first-order chi connectivity index (χ1) is 15.7. The van der Waals surface area contributed by atoms with Crippen LogP contribution < -0.4 is 20.1 Å². The minimum Gasteiger partial charge on any atom is -0.493 e. The molecule has 2 N–H and O–H groups in total. The molecular weight excluding hydrogens is 458 g/mol. The first-order valence-electron chi connectivity index (χ1n) is 11.1. The van der Waals surface area contributed by atoms with Gasteiger partial charge in [0.25, 0.3) is 0 Å². The first-order valence-corrected chi connectivity index (χ1v) is 12.9. The van der Waals surface area contributed by atoms with E-state index < -0.39 is 10.0 Å². The summed E-state index contributed by atoms with van der Waals surface area (Å²) in [4.78, 5) is 0.307. The van der Waals surface area contributed by atoms with Gasteiger partial charge in [0, 0.05) is 25.3 Å². The molecule has 0 amide bonds. The number of nitrogens with one attached hydrogen (secondary N) is 2. The number of hydrogen-bond acceptors (Lipinski definition) is 5. The Kier molecular flexibility index (Phi) is 8.56. The van der Waals surface area contributed by atoms with E-state index in [4.69, 9.17) is 21.7 Å². The van der Waals surface area contributed by atoms with Crippen molar-refractivity contribution in [2.75, 3.05) is 39.2 Å². The fourth-order valence-electron chi connectivity index (χ4n) is 4.19. The van der Waals surface area contributed by atoms with Crippen LogP contribution in [0.1, 0.15) is 25.8 Å². The van der Waals surface area contributed by atoms with E-state index in [-0.39, 0.29) is 0 Å². The minimum absolute atomic E-state index is 0.307. The molecule has 0 aromatic heterocycles. The van der Waals surface area contributed by atoms with Gasteiger partial charge in [0.1, 0.15) is 0 Å². The molecule has 2 aromatic rings. The van der Waals surface area contributed by atoms with Gasteiger partial charge in [-0.05, 0) is 78.9 Å². The first kappa shape index (κ1) is 25.3. The van der Waals surface area contributed by atoms with Crippen molar-refractivity contribution in [1.82, 2.24) is 9.62 Å². The molecule has 1 aliphatic heterocycles. The molecule has 1 aliphatic rings. The molecule has 180 valence electrons. The predicted octanol–water partition coefficient (Wildman–Crippen LogP) is 3.90. The minimum atomic E-state index is -3.49. The van der Waals surface area contributed by atoms with E-state index >= 15 is 0 Å². The lowest BCUT2D eigenvalue weighted by atomic mass is 9.94. The van der Waals surface area contributed by atoms with Gasteiger partial charge in [-0.1, -0.05) is 19.9 Å². The van der Waals surface area contributed by atoms with Crippen molar-refractivity contribution in [3.63, 3.8) is 0 Å². The van der Waals surface area contributed by atoms with Crippen molar-refractivity contribution >= 4 is 33.0 Å². The van der Waals surface area contributed by atoms with Crippen molar-refractivity contribution in [3.05, 3.63) is 48.0 Å². The van der Waals surface area contributed by atoms with Crippen molar-refractivity contribution in [2.45, 2.75) is 31.6 Å². The van der Waals surface area contributed by atoms with Crippen LogP contribution in [-0.2, 0) is 16.4 Å². The van der Waals surface area contributed by atoms with E-state index in [1.54, 1.807) is 42.8 Å². The molecule has 2 aromatic carbocycles. The number of benzene rings is 2. The van der Waals surface area contributed by atoms with Gasteiger partial charge in [0.2, 0.25) is 10.0 Å². The highest BCUT2D eigenvalue weighted by molar-refractivity contribution is 7.89. The Labute approximate surface area is 202 Å². The van der Waals surface area contributed by atoms with Gasteiger partial charge in [-0.3, -0.25) is 0 Å². The second-order valence-corrected chi connectivity index (χ2v) is 11.0. The van der Waals surface area contributed by atoms with Gasteiger partial charge in [-0.2, -0.15) is 4.31 Å². The molecule has 0 radical (unpaired) electrons. The van der Waals surface area contributed by atoms with Gasteiger partial charge >= 0.3 is 0 Å². The molecule has 1 fully saturated rings. The summed E-state index contributed by atoms with van der Waals surface area (Å²) in [6.07, 6.45) is 1.82. The topological polar surface area (TPSA) is 79.9 Å². The Balaban J connectivity index is 1.53. The number of sulfonamides is 1. The fourth-order valence-corrected chi connectivity index (χ4v) is 6.09. The Morgan fingerprint density at radius 1 is 1.03 bits per heavy atom. The zero-order chi connectivity index (χ0) is 24.0. The summed E-state index contributed by atoms with van der Waals surface area (Å²) in [5.74, 6) is 2.12. The van der Waals surface area contributed by atoms with Crippen LogP contribution >= 0.6 is 12.2 Å². The lowest BCUT2D eigenvalue weighted by Gasteiger charge is -2.34. The van der Waals surface area contributed by atoms with Crippen LogP contribution in [0.3, 0.4) is 0 Å². The number of anilines is 1. The van der Waals surface area contributed by atoms with Crippen molar-refractivity contribution in [2.24, 2.45) is 11.8 Å². The Bertz CT molecular complexity index is 1050. The van der Waals surface area contributed by atoms with E-state index in [9.17, 15) is 8.42 Å². The van der Waals surface area contributed by atoms with Gasteiger partial charge in [0.15, 0.2) is 16.6 Å². The highest BCUT2D eigenvalue weighted by Gasteiger charge is 2.31. The summed E-state index contributed by atoms with van der Waals surface area (Å²) in [7, 11) is -0.266. The maximum Gasteiger partial charge on any atom is 0.243 e. The van der Waals surface area contributed by atoms with Crippen LogP contribution in [0, 0.1) is 11.8 Å². The number of piperidine rings is 1. The molecule has 1 saturated heterocycles. The van der Waals surface area contributed by atoms with E-state index in [1.807, 2.05) is 18.2 Å². The van der Waals surface area contributed by atoms with Gasteiger partial charge < -0.3 is 20.1 Å². The molecule has 0 saturated carbocycles. The third-order valence-electron chi connectivity index (χ3n) is 5.73.